The van der Waals surface area contributed by atoms with E-state index < -0.39 is 12.0 Å². The molecule has 0 unspecified atom stereocenters. The molecule has 5 nitrogen and oxygen atoms in total. The summed E-state index contributed by atoms with van der Waals surface area (Å²) in [6, 6.07) is 11.7. The van der Waals surface area contributed by atoms with E-state index in [1.54, 1.807) is 23.6 Å². The number of likely N-dealkylation sites (tertiary alicyclic amines) is 1. The lowest BCUT2D eigenvalue weighted by atomic mass is 9.95. The van der Waals surface area contributed by atoms with Crippen LogP contribution in [-0.2, 0) is 4.79 Å². The summed E-state index contributed by atoms with van der Waals surface area (Å²) < 4.78 is 14.7. The van der Waals surface area contributed by atoms with Crippen LogP contribution in [0.25, 0.3) is 21.1 Å². The minimum atomic E-state index is -0.889. The molecule has 2 aromatic carbocycles. The van der Waals surface area contributed by atoms with Gasteiger partial charge < -0.3 is 10.1 Å². The number of benzene rings is 2. The Morgan fingerprint density at radius 2 is 2.17 bits per heavy atom. The lowest BCUT2D eigenvalue weighted by molar-refractivity contribution is -0.144. The summed E-state index contributed by atoms with van der Waals surface area (Å²) in [5.41, 5.74) is 2.29. The second-order valence-electron chi connectivity index (χ2n) is 7.53. The van der Waals surface area contributed by atoms with Crippen LogP contribution in [0.4, 0.5) is 4.39 Å². The monoisotopic (exact) mass is 409 g/mol. The lowest BCUT2D eigenvalue weighted by Crippen LogP contribution is -2.40. The van der Waals surface area contributed by atoms with E-state index in [1.807, 2.05) is 23.1 Å². The Bertz CT molecular complexity index is 1170. The van der Waals surface area contributed by atoms with Gasteiger partial charge >= 0.3 is 5.97 Å². The first kappa shape index (κ1) is 18.3. The van der Waals surface area contributed by atoms with Gasteiger partial charge in [0, 0.05) is 35.1 Å². The topological polar surface area (TPSA) is 69.2 Å². The van der Waals surface area contributed by atoms with Crippen molar-refractivity contribution in [3.63, 3.8) is 0 Å². The summed E-state index contributed by atoms with van der Waals surface area (Å²) in [6.45, 7) is 1.36. The van der Waals surface area contributed by atoms with Crippen LogP contribution in [0.2, 0.25) is 0 Å². The third-order valence-electron chi connectivity index (χ3n) is 5.68. The number of carboxylic acid groups (broad SMARTS) is 1. The van der Waals surface area contributed by atoms with Crippen LogP contribution in [-0.4, -0.2) is 39.0 Å². The van der Waals surface area contributed by atoms with E-state index in [-0.39, 0.29) is 11.7 Å². The van der Waals surface area contributed by atoms with Gasteiger partial charge in [-0.3, -0.25) is 9.69 Å². The number of aromatic nitrogens is 2. The minimum Gasteiger partial charge on any atom is -0.480 e. The standard InChI is InChI=1S/C22H20FN3O2S/c23-14-7-8-15-16(11-24-18(15)10-14)20(22(27)28)26-9-3-4-13(12-26)21-25-17-5-1-2-6-19(17)29-21/h1-2,5-8,10-11,13,20,24H,3-4,9,12H2,(H,27,28)/t13-,20+/m0/s1. The summed E-state index contributed by atoms with van der Waals surface area (Å²) in [6.07, 6.45) is 3.62. The number of aliphatic carboxylic acids is 1. The van der Waals surface area contributed by atoms with Crippen LogP contribution in [0.15, 0.2) is 48.7 Å². The second-order valence-corrected chi connectivity index (χ2v) is 8.59. The molecule has 2 N–H and O–H groups in total. The third kappa shape index (κ3) is 3.30. The fraction of sp³-hybridized carbons (Fsp3) is 0.273. The number of piperidine rings is 1. The van der Waals surface area contributed by atoms with E-state index in [1.165, 1.54) is 12.1 Å². The predicted octanol–water partition coefficient (Wildman–Crippen LogP) is 4.92. The molecule has 0 radical (unpaired) electrons. The Hall–Kier alpha value is -2.77. The lowest BCUT2D eigenvalue weighted by Gasteiger charge is -2.35. The van der Waals surface area contributed by atoms with Crippen LogP contribution in [0.3, 0.4) is 0 Å². The number of nitrogens with zero attached hydrogens (tertiary/aromatic N) is 2. The van der Waals surface area contributed by atoms with E-state index in [0.29, 0.717) is 24.2 Å². The summed E-state index contributed by atoms with van der Waals surface area (Å²) in [4.78, 5) is 22.1. The van der Waals surface area contributed by atoms with Gasteiger partial charge in [-0.15, -0.1) is 11.3 Å². The zero-order chi connectivity index (χ0) is 20.0. The largest absolute Gasteiger partial charge is 0.480 e. The molecule has 0 amide bonds. The molecule has 5 rings (SSSR count). The summed E-state index contributed by atoms with van der Waals surface area (Å²) in [5.74, 6) is -1.02. The van der Waals surface area contributed by atoms with Gasteiger partial charge in [0.1, 0.15) is 11.9 Å². The number of fused-ring (bicyclic) bond motifs is 2. The van der Waals surface area contributed by atoms with Gasteiger partial charge in [-0.1, -0.05) is 12.1 Å². The highest BCUT2D eigenvalue weighted by atomic mass is 32.1. The average Bonchev–Trinajstić information content (AvgIpc) is 3.32. The SMILES string of the molecule is O=C(O)[C@@H](c1c[nH]c2cc(F)ccc12)N1CCC[C@H](c2nc3ccccc3s2)C1. The zero-order valence-electron chi connectivity index (χ0n) is 15.6. The van der Waals surface area contributed by atoms with Crippen LogP contribution in [0.1, 0.15) is 35.4 Å². The fourth-order valence-electron chi connectivity index (χ4n) is 4.34. The van der Waals surface area contributed by atoms with Crippen LogP contribution < -0.4 is 0 Å². The van der Waals surface area contributed by atoms with Crippen molar-refractivity contribution < 1.29 is 14.3 Å². The first-order valence-electron chi connectivity index (χ1n) is 9.69. The van der Waals surface area contributed by atoms with Crippen molar-refractivity contribution in [1.82, 2.24) is 14.9 Å². The molecule has 1 fully saturated rings. The first-order valence-corrected chi connectivity index (χ1v) is 10.5. The van der Waals surface area contributed by atoms with E-state index in [4.69, 9.17) is 4.98 Å². The number of aromatic amines is 1. The molecule has 0 spiro atoms. The van der Waals surface area contributed by atoms with Crippen LogP contribution in [0, 0.1) is 5.82 Å². The molecule has 2 atom stereocenters. The second kappa shape index (κ2) is 7.24. The fourth-order valence-corrected chi connectivity index (χ4v) is 5.43. The molecule has 29 heavy (non-hydrogen) atoms. The summed E-state index contributed by atoms with van der Waals surface area (Å²) >= 11 is 1.69. The number of para-hydroxylation sites is 1. The average molecular weight is 409 g/mol. The van der Waals surface area contributed by atoms with Crippen molar-refractivity contribution in [3.8, 4) is 0 Å². The van der Waals surface area contributed by atoms with Gasteiger partial charge in [0.2, 0.25) is 0 Å². The van der Waals surface area contributed by atoms with Gasteiger partial charge in [-0.2, -0.15) is 0 Å². The van der Waals surface area contributed by atoms with Gasteiger partial charge in [0.05, 0.1) is 15.2 Å². The highest BCUT2D eigenvalue weighted by molar-refractivity contribution is 7.18. The Balaban J connectivity index is 1.47. The number of halogens is 1. The maximum Gasteiger partial charge on any atom is 0.325 e. The number of hydrogen-bond acceptors (Lipinski definition) is 4. The first-order chi connectivity index (χ1) is 14.1. The van der Waals surface area contributed by atoms with Gasteiger partial charge in [-0.05, 0) is 49.7 Å². The smallest absolute Gasteiger partial charge is 0.325 e. The number of H-pyrrole nitrogens is 1. The Morgan fingerprint density at radius 1 is 1.31 bits per heavy atom. The van der Waals surface area contributed by atoms with Crippen LogP contribution in [0.5, 0.6) is 0 Å². The zero-order valence-corrected chi connectivity index (χ0v) is 16.5. The maximum atomic E-state index is 13.5. The molecule has 1 aliphatic heterocycles. The number of hydrogen-bond donors (Lipinski definition) is 2. The Labute approximate surface area is 170 Å². The van der Waals surface area contributed by atoms with Crippen molar-refractivity contribution in [3.05, 3.63) is 65.0 Å². The van der Waals surface area contributed by atoms with Gasteiger partial charge in [0.15, 0.2) is 0 Å². The number of thiazole rings is 1. The molecule has 0 aliphatic carbocycles. The van der Waals surface area contributed by atoms with E-state index in [2.05, 4.69) is 11.1 Å². The number of rotatable bonds is 4. The molecule has 7 heteroatoms. The number of carbonyl (C=O) groups is 1. The van der Waals surface area contributed by atoms with Crippen LogP contribution >= 0.6 is 11.3 Å². The molecule has 0 bridgehead atoms. The van der Waals surface area contributed by atoms with E-state index in [9.17, 15) is 14.3 Å². The highest BCUT2D eigenvalue weighted by Crippen LogP contribution is 2.37. The molecule has 2 aromatic heterocycles. The van der Waals surface area contributed by atoms with Crippen molar-refractivity contribution in [2.24, 2.45) is 0 Å². The molecule has 1 aliphatic rings. The van der Waals surface area contributed by atoms with Gasteiger partial charge in [0.25, 0.3) is 0 Å². The van der Waals surface area contributed by atoms with Crippen molar-refractivity contribution in [1.29, 1.82) is 0 Å². The maximum absolute atomic E-state index is 13.5. The molecule has 3 heterocycles. The quantitative estimate of drug-likeness (QED) is 0.502. The Kier molecular flexibility index (Phi) is 4.56. The normalized spacial score (nSPS) is 19.0. The number of carboxylic acids is 1. The number of nitrogens with one attached hydrogen (secondary N) is 1. The van der Waals surface area contributed by atoms with Crippen molar-refractivity contribution in [2.45, 2.75) is 24.8 Å². The minimum absolute atomic E-state index is 0.214. The molecule has 4 aromatic rings. The highest BCUT2D eigenvalue weighted by Gasteiger charge is 2.34. The van der Waals surface area contributed by atoms with Crippen molar-refractivity contribution >= 4 is 38.4 Å². The predicted molar refractivity (Wildman–Crippen MR) is 112 cm³/mol. The molecule has 148 valence electrons. The molecule has 0 saturated carbocycles. The molecule has 1 saturated heterocycles. The van der Waals surface area contributed by atoms with E-state index >= 15 is 0 Å². The van der Waals surface area contributed by atoms with E-state index in [0.717, 1.165) is 33.5 Å². The summed E-state index contributed by atoms with van der Waals surface area (Å²) in [7, 11) is 0. The summed E-state index contributed by atoms with van der Waals surface area (Å²) in [5, 5.41) is 11.9. The Morgan fingerprint density at radius 3 is 3.00 bits per heavy atom. The molecular formula is C22H20FN3O2S. The third-order valence-corrected chi connectivity index (χ3v) is 6.88. The molecular weight excluding hydrogens is 389 g/mol. The van der Waals surface area contributed by atoms with Crippen molar-refractivity contribution in [2.75, 3.05) is 13.1 Å². The van der Waals surface area contributed by atoms with Gasteiger partial charge in [-0.25, -0.2) is 9.37 Å².